The van der Waals surface area contributed by atoms with Gasteiger partial charge in [0.1, 0.15) is 0 Å². The molecule has 1 heterocycles. The monoisotopic (exact) mass is 422 g/mol. The Kier molecular flexibility index (Phi) is 5.74. The van der Waals surface area contributed by atoms with E-state index in [-0.39, 0.29) is 6.04 Å². The summed E-state index contributed by atoms with van der Waals surface area (Å²) in [6, 6.07) is 26.3. The van der Waals surface area contributed by atoms with Gasteiger partial charge in [0.2, 0.25) is 0 Å². The lowest BCUT2D eigenvalue weighted by Gasteiger charge is -2.25. The predicted molar refractivity (Wildman–Crippen MR) is 120 cm³/mol. The van der Waals surface area contributed by atoms with Crippen molar-refractivity contribution in [1.29, 1.82) is 0 Å². The molecule has 29 heavy (non-hydrogen) atoms. The summed E-state index contributed by atoms with van der Waals surface area (Å²) < 4.78 is 28.7. The molecule has 148 valence electrons. The van der Waals surface area contributed by atoms with Crippen LogP contribution in [0.4, 0.5) is 5.69 Å². The van der Waals surface area contributed by atoms with Crippen LogP contribution < -0.4 is 0 Å². The predicted octanol–water partition coefficient (Wildman–Crippen LogP) is 5.03. The number of amidine groups is 1. The Morgan fingerprint density at radius 1 is 0.931 bits per heavy atom. The summed E-state index contributed by atoms with van der Waals surface area (Å²) in [5, 5.41) is 0.526. The summed E-state index contributed by atoms with van der Waals surface area (Å²) in [6.07, 6.45) is 0.646. The van der Waals surface area contributed by atoms with Crippen molar-refractivity contribution < 1.29 is 8.42 Å². The molecule has 0 spiro atoms. The van der Waals surface area contributed by atoms with E-state index in [1.807, 2.05) is 79.7 Å². The van der Waals surface area contributed by atoms with Crippen molar-refractivity contribution in [1.82, 2.24) is 4.31 Å². The summed E-state index contributed by atoms with van der Waals surface area (Å²) in [5.41, 5.74) is 2.89. The molecule has 0 amide bonds. The average molecular weight is 423 g/mol. The highest BCUT2D eigenvalue weighted by Crippen LogP contribution is 2.34. The number of hydrogen-bond acceptors (Lipinski definition) is 4. The normalized spacial score (nSPS) is 18.3. The molecule has 0 N–H and O–H groups in total. The number of aliphatic imine (C=N–C) groups is 1. The molecule has 4 rings (SSSR count). The minimum absolute atomic E-state index is 0.184. The molecule has 0 bridgehead atoms. The van der Waals surface area contributed by atoms with Gasteiger partial charge in [0.05, 0.1) is 16.6 Å². The van der Waals surface area contributed by atoms with Gasteiger partial charge in [-0.05, 0) is 43.2 Å². The third-order valence-corrected chi connectivity index (χ3v) is 7.87. The second-order valence-electron chi connectivity index (χ2n) is 7.00. The summed E-state index contributed by atoms with van der Waals surface area (Å²) in [4.78, 5) is 4.96. The van der Waals surface area contributed by atoms with Crippen LogP contribution in [0.15, 0.2) is 94.8 Å². The van der Waals surface area contributed by atoms with Crippen molar-refractivity contribution >= 4 is 32.6 Å². The average Bonchev–Trinajstić information content (AvgIpc) is 3.12. The van der Waals surface area contributed by atoms with E-state index in [9.17, 15) is 8.42 Å². The van der Waals surface area contributed by atoms with E-state index >= 15 is 0 Å². The largest absolute Gasteiger partial charge is 0.266 e. The third-order valence-electron chi connectivity index (χ3n) is 4.80. The van der Waals surface area contributed by atoms with Gasteiger partial charge in [0.25, 0.3) is 10.0 Å². The van der Waals surface area contributed by atoms with Crippen molar-refractivity contribution in [3.8, 4) is 0 Å². The van der Waals surface area contributed by atoms with Crippen LogP contribution in [0, 0.1) is 6.92 Å². The zero-order valence-corrected chi connectivity index (χ0v) is 17.7. The molecule has 0 radical (unpaired) electrons. The Morgan fingerprint density at radius 2 is 1.55 bits per heavy atom. The molecule has 0 aliphatic carbocycles. The van der Waals surface area contributed by atoms with Crippen LogP contribution in [-0.4, -0.2) is 29.7 Å². The lowest BCUT2D eigenvalue weighted by Crippen LogP contribution is -2.40. The molecule has 1 saturated heterocycles. The van der Waals surface area contributed by atoms with E-state index in [0.717, 1.165) is 16.8 Å². The van der Waals surface area contributed by atoms with Crippen LogP contribution in [0.3, 0.4) is 0 Å². The van der Waals surface area contributed by atoms with Crippen LogP contribution in [-0.2, 0) is 16.4 Å². The first-order valence-electron chi connectivity index (χ1n) is 9.45. The Hall–Kier alpha value is -2.57. The minimum atomic E-state index is -3.71. The van der Waals surface area contributed by atoms with Gasteiger partial charge < -0.3 is 0 Å². The standard InChI is InChI=1S/C23H22N2O2S2/c1-18-12-14-22(15-13-18)29(26,27)25-21(16-19-8-4-2-5-9-19)17-28-23(25)24-20-10-6-3-7-11-20/h2-15,21H,16-17H2,1H3. The molecule has 1 aliphatic rings. The zero-order chi connectivity index (χ0) is 20.3. The summed E-state index contributed by atoms with van der Waals surface area (Å²) in [6.45, 7) is 1.95. The maximum Gasteiger partial charge on any atom is 0.266 e. The first kappa shape index (κ1) is 19.7. The number of para-hydroxylation sites is 1. The van der Waals surface area contributed by atoms with Gasteiger partial charge in [-0.3, -0.25) is 0 Å². The zero-order valence-electron chi connectivity index (χ0n) is 16.1. The Labute approximate surface area is 176 Å². The summed E-state index contributed by atoms with van der Waals surface area (Å²) >= 11 is 1.49. The van der Waals surface area contributed by atoms with Crippen molar-refractivity contribution in [3.63, 3.8) is 0 Å². The molecule has 1 fully saturated rings. The number of rotatable bonds is 5. The van der Waals surface area contributed by atoms with Crippen molar-refractivity contribution in [2.45, 2.75) is 24.3 Å². The Morgan fingerprint density at radius 3 is 2.21 bits per heavy atom. The van der Waals surface area contributed by atoms with E-state index in [4.69, 9.17) is 0 Å². The fourth-order valence-corrected chi connectivity index (χ4v) is 6.40. The molecule has 1 unspecified atom stereocenters. The van der Waals surface area contributed by atoms with Crippen LogP contribution >= 0.6 is 11.8 Å². The maximum atomic E-state index is 13.6. The van der Waals surface area contributed by atoms with Crippen LogP contribution in [0.5, 0.6) is 0 Å². The second-order valence-corrected chi connectivity index (χ2v) is 9.80. The highest BCUT2D eigenvalue weighted by Gasteiger charge is 2.39. The molecule has 4 nitrogen and oxygen atoms in total. The lowest BCUT2D eigenvalue weighted by molar-refractivity contribution is 0.464. The SMILES string of the molecule is Cc1ccc(S(=O)(=O)N2C(=Nc3ccccc3)SCC2Cc2ccccc2)cc1. The maximum absolute atomic E-state index is 13.6. The number of benzene rings is 3. The molecular formula is C23H22N2O2S2. The van der Waals surface area contributed by atoms with E-state index in [1.165, 1.54) is 16.1 Å². The molecule has 1 atom stereocenters. The van der Waals surface area contributed by atoms with Gasteiger partial charge in [0, 0.05) is 5.75 Å². The number of aryl methyl sites for hydroxylation is 1. The highest BCUT2D eigenvalue weighted by atomic mass is 32.2. The molecular weight excluding hydrogens is 400 g/mol. The van der Waals surface area contributed by atoms with Gasteiger partial charge in [-0.2, -0.15) is 0 Å². The summed E-state index contributed by atoms with van der Waals surface area (Å²) in [7, 11) is -3.71. The van der Waals surface area contributed by atoms with Gasteiger partial charge in [-0.25, -0.2) is 17.7 Å². The van der Waals surface area contributed by atoms with Gasteiger partial charge in [-0.1, -0.05) is 78.0 Å². The first-order chi connectivity index (χ1) is 14.0. The first-order valence-corrected chi connectivity index (χ1v) is 11.9. The van der Waals surface area contributed by atoms with E-state index in [2.05, 4.69) is 4.99 Å². The Bertz CT molecular complexity index is 1100. The minimum Gasteiger partial charge on any atom is -0.240 e. The quantitative estimate of drug-likeness (QED) is 0.579. The topological polar surface area (TPSA) is 49.7 Å². The lowest BCUT2D eigenvalue weighted by atomic mass is 10.1. The van der Waals surface area contributed by atoms with Crippen molar-refractivity contribution in [2.24, 2.45) is 4.99 Å². The van der Waals surface area contributed by atoms with Crippen LogP contribution in [0.2, 0.25) is 0 Å². The van der Waals surface area contributed by atoms with Crippen LogP contribution in [0.25, 0.3) is 0 Å². The number of nitrogens with zero attached hydrogens (tertiary/aromatic N) is 2. The molecule has 1 aliphatic heterocycles. The second kappa shape index (κ2) is 8.43. The third kappa shape index (κ3) is 4.38. The van der Waals surface area contributed by atoms with Gasteiger partial charge in [0.15, 0.2) is 5.17 Å². The smallest absolute Gasteiger partial charge is 0.240 e. The van der Waals surface area contributed by atoms with Gasteiger partial charge >= 0.3 is 0 Å². The molecule has 0 aromatic heterocycles. The fraction of sp³-hybridized carbons (Fsp3) is 0.174. The molecule has 3 aromatic carbocycles. The Balaban J connectivity index is 1.75. The van der Waals surface area contributed by atoms with Crippen molar-refractivity contribution in [2.75, 3.05) is 5.75 Å². The van der Waals surface area contributed by atoms with E-state index in [0.29, 0.717) is 22.2 Å². The van der Waals surface area contributed by atoms with E-state index < -0.39 is 10.0 Å². The molecule has 3 aromatic rings. The molecule has 6 heteroatoms. The summed E-state index contributed by atoms with van der Waals surface area (Å²) in [5.74, 6) is 0.672. The number of sulfonamides is 1. The fourth-order valence-electron chi connectivity index (χ4n) is 3.30. The number of hydrogen-bond donors (Lipinski definition) is 0. The van der Waals surface area contributed by atoms with Crippen LogP contribution in [0.1, 0.15) is 11.1 Å². The van der Waals surface area contributed by atoms with Gasteiger partial charge in [-0.15, -0.1) is 0 Å². The number of thioether (sulfide) groups is 1. The van der Waals surface area contributed by atoms with E-state index in [1.54, 1.807) is 12.1 Å². The molecule has 0 saturated carbocycles. The van der Waals surface area contributed by atoms with Crippen molar-refractivity contribution in [3.05, 3.63) is 96.1 Å². The highest BCUT2D eigenvalue weighted by molar-refractivity contribution is 8.15.